The maximum atomic E-state index is 13.4. The first-order valence-corrected chi connectivity index (χ1v) is 14.5. The predicted molar refractivity (Wildman–Crippen MR) is 156 cm³/mol. The molecule has 0 saturated carbocycles. The van der Waals surface area contributed by atoms with Crippen molar-refractivity contribution < 1.29 is 9.90 Å². The maximum absolute atomic E-state index is 13.4. The highest BCUT2D eigenvalue weighted by Crippen LogP contribution is 2.33. The van der Waals surface area contributed by atoms with Gasteiger partial charge in [-0.3, -0.25) is 9.69 Å². The number of fused-ring (bicyclic) bond motifs is 1. The van der Waals surface area contributed by atoms with E-state index in [0.29, 0.717) is 42.4 Å². The van der Waals surface area contributed by atoms with Gasteiger partial charge in [-0.1, -0.05) is 19.9 Å². The fourth-order valence-corrected chi connectivity index (χ4v) is 5.68. The third-order valence-corrected chi connectivity index (χ3v) is 8.58. The number of nitrogens with zero attached hydrogens (tertiary/aromatic N) is 6. The molecule has 206 valence electrons. The molecule has 9 nitrogen and oxygen atoms in total. The first-order valence-electron chi connectivity index (χ1n) is 13.6. The van der Waals surface area contributed by atoms with Crippen LogP contribution in [0.25, 0.3) is 27.5 Å². The molecule has 4 aromatic rings. The minimum atomic E-state index is -0.764. The Labute approximate surface area is 233 Å². The summed E-state index contributed by atoms with van der Waals surface area (Å²) >= 11 is 1.64. The summed E-state index contributed by atoms with van der Waals surface area (Å²) in [6.07, 6.45) is 3.66. The fraction of sp³-hybridized carbons (Fsp3) is 0.448. The van der Waals surface area contributed by atoms with Crippen LogP contribution in [0.3, 0.4) is 0 Å². The molecular formula is C29H37N7O2S. The molecule has 1 aliphatic rings. The summed E-state index contributed by atoms with van der Waals surface area (Å²) in [6.45, 7) is 13.8. The monoisotopic (exact) mass is 547 g/mol. The number of thiophene rings is 1. The molecule has 1 amide bonds. The zero-order valence-corrected chi connectivity index (χ0v) is 24.1. The van der Waals surface area contributed by atoms with E-state index < -0.39 is 5.60 Å². The van der Waals surface area contributed by atoms with E-state index in [0.717, 1.165) is 29.2 Å². The maximum Gasteiger partial charge on any atom is 0.251 e. The quantitative estimate of drug-likeness (QED) is 0.307. The van der Waals surface area contributed by atoms with Crippen molar-refractivity contribution in [2.45, 2.75) is 46.3 Å². The first kappa shape index (κ1) is 27.2. The van der Waals surface area contributed by atoms with Crippen LogP contribution in [0.2, 0.25) is 0 Å². The molecule has 1 atom stereocenters. The molecule has 1 saturated heterocycles. The van der Waals surface area contributed by atoms with Gasteiger partial charge in [0, 0.05) is 43.4 Å². The fourth-order valence-electron chi connectivity index (χ4n) is 4.99. The van der Waals surface area contributed by atoms with E-state index in [9.17, 15) is 9.90 Å². The van der Waals surface area contributed by atoms with Gasteiger partial charge in [-0.05, 0) is 63.5 Å². The summed E-state index contributed by atoms with van der Waals surface area (Å²) in [5, 5.41) is 20.1. The van der Waals surface area contributed by atoms with Gasteiger partial charge in [-0.15, -0.1) is 11.3 Å². The molecule has 39 heavy (non-hydrogen) atoms. The van der Waals surface area contributed by atoms with E-state index in [-0.39, 0.29) is 17.9 Å². The molecular weight excluding hydrogens is 510 g/mol. The summed E-state index contributed by atoms with van der Waals surface area (Å²) in [5.74, 6) is 0.716. The predicted octanol–water partition coefficient (Wildman–Crippen LogP) is 4.19. The van der Waals surface area contributed by atoms with Gasteiger partial charge in [0.15, 0.2) is 5.65 Å². The molecule has 10 heteroatoms. The molecule has 0 spiro atoms. The van der Waals surface area contributed by atoms with Crippen molar-refractivity contribution in [2.24, 2.45) is 5.92 Å². The average Bonchev–Trinajstić information content (AvgIpc) is 3.56. The van der Waals surface area contributed by atoms with Crippen LogP contribution in [0.1, 0.15) is 45.0 Å². The number of aliphatic hydroxyl groups is 1. The van der Waals surface area contributed by atoms with E-state index >= 15 is 0 Å². The lowest BCUT2D eigenvalue weighted by atomic mass is 9.84. The Balaban J connectivity index is 1.49. The van der Waals surface area contributed by atoms with Crippen molar-refractivity contribution in [3.8, 4) is 21.8 Å². The third-order valence-electron chi connectivity index (χ3n) is 7.69. The largest absolute Gasteiger partial charge is 0.390 e. The van der Waals surface area contributed by atoms with Gasteiger partial charge in [0.1, 0.15) is 5.82 Å². The van der Waals surface area contributed by atoms with Crippen LogP contribution in [0, 0.1) is 5.92 Å². The number of hydrogen-bond acceptors (Lipinski definition) is 8. The molecule has 0 bridgehead atoms. The van der Waals surface area contributed by atoms with Crippen molar-refractivity contribution >= 4 is 28.7 Å². The first-order chi connectivity index (χ1) is 18.7. The molecule has 1 unspecified atom stereocenters. The molecule has 2 N–H and O–H groups in total. The van der Waals surface area contributed by atoms with Gasteiger partial charge in [-0.2, -0.15) is 5.10 Å². The van der Waals surface area contributed by atoms with Crippen molar-refractivity contribution in [2.75, 3.05) is 37.6 Å². The molecule has 5 rings (SSSR count). The van der Waals surface area contributed by atoms with E-state index in [1.54, 1.807) is 22.0 Å². The van der Waals surface area contributed by atoms with Crippen LogP contribution in [-0.4, -0.2) is 79.9 Å². The number of rotatable bonds is 10. The Morgan fingerprint density at radius 2 is 1.97 bits per heavy atom. The second-order valence-electron chi connectivity index (χ2n) is 10.8. The van der Waals surface area contributed by atoms with Crippen molar-refractivity contribution in [1.29, 1.82) is 0 Å². The molecule has 5 heterocycles. The summed E-state index contributed by atoms with van der Waals surface area (Å²) in [5.41, 5.74) is 2.74. The minimum Gasteiger partial charge on any atom is -0.390 e. The lowest BCUT2D eigenvalue weighted by Crippen LogP contribution is -2.56. The number of carbonyl (C=O) groups is 1. The van der Waals surface area contributed by atoms with Gasteiger partial charge in [0.25, 0.3) is 5.91 Å². The van der Waals surface area contributed by atoms with Crippen molar-refractivity contribution in [1.82, 2.24) is 29.8 Å². The normalized spacial score (nSPS) is 15.1. The number of likely N-dealkylation sites (N-methyl/N-ethyl adjacent to an activating group) is 1. The topological polar surface area (TPSA) is 98.9 Å². The van der Waals surface area contributed by atoms with Gasteiger partial charge >= 0.3 is 0 Å². The number of amides is 1. The van der Waals surface area contributed by atoms with E-state index in [1.807, 2.05) is 55.8 Å². The van der Waals surface area contributed by atoms with Crippen LogP contribution < -0.4 is 10.2 Å². The van der Waals surface area contributed by atoms with Crippen LogP contribution in [0.15, 0.2) is 48.1 Å². The smallest absolute Gasteiger partial charge is 0.251 e. The minimum absolute atomic E-state index is 0.137. The van der Waals surface area contributed by atoms with Gasteiger partial charge in [0.05, 0.1) is 33.6 Å². The number of nitrogens with one attached hydrogen (secondary N) is 1. The zero-order chi connectivity index (χ0) is 27.7. The molecule has 4 aromatic heterocycles. The van der Waals surface area contributed by atoms with Crippen LogP contribution in [0.4, 0.5) is 5.82 Å². The number of aromatic nitrogens is 4. The Morgan fingerprint density at radius 1 is 1.21 bits per heavy atom. The number of hydrogen-bond donors (Lipinski definition) is 2. The molecule has 1 aliphatic heterocycles. The lowest BCUT2D eigenvalue weighted by Gasteiger charge is -2.46. The van der Waals surface area contributed by atoms with E-state index in [1.165, 1.54) is 0 Å². The molecule has 0 aromatic carbocycles. The summed E-state index contributed by atoms with van der Waals surface area (Å²) in [6, 6.07) is 9.90. The second kappa shape index (κ2) is 11.0. The highest BCUT2D eigenvalue weighted by atomic mass is 32.1. The molecule has 0 radical (unpaired) electrons. The van der Waals surface area contributed by atoms with Crippen molar-refractivity contribution in [3.05, 3.63) is 53.7 Å². The molecule has 0 aliphatic carbocycles. The Morgan fingerprint density at radius 3 is 2.64 bits per heavy atom. The standard InChI is InChI=1S/C29H37N7O2S/c1-6-34(7-2)19(3)15-30-28(37)20-13-24(32-26(14-20)35-17-21(18-35)29(4,5)38)22-16-31-36-11-10-23(33-27(22)36)25-9-8-12-39-25/h8-14,16,19,21,38H,6-7,15,17-18H2,1-5H3,(H,30,37). The summed E-state index contributed by atoms with van der Waals surface area (Å²) in [4.78, 5) is 28.7. The van der Waals surface area contributed by atoms with Gasteiger partial charge in [-0.25, -0.2) is 14.5 Å². The highest BCUT2D eigenvalue weighted by Gasteiger charge is 2.38. The molecule has 1 fully saturated rings. The zero-order valence-electron chi connectivity index (χ0n) is 23.3. The van der Waals surface area contributed by atoms with Crippen LogP contribution in [-0.2, 0) is 0 Å². The lowest BCUT2D eigenvalue weighted by molar-refractivity contribution is 0.00438. The van der Waals surface area contributed by atoms with E-state index in [2.05, 4.69) is 41.0 Å². The Bertz CT molecular complexity index is 1430. The number of pyridine rings is 1. The van der Waals surface area contributed by atoms with E-state index in [4.69, 9.17) is 9.97 Å². The summed E-state index contributed by atoms with van der Waals surface area (Å²) < 4.78 is 1.74. The summed E-state index contributed by atoms with van der Waals surface area (Å²) in [7, 11) is 0. The second-order valence-corrected chi connectivity index (χ2v) is 11.7. The number of carbonyl (C=O) groups excluding carboxylic acids is 1. The highest BCUT2D eigenvalue weighted by molar-refractivity contribution is 7.13. The average molecular weight is 548 g/mol. The van der Waals surface area contributed by atoms with Crippen molar-refractivity contribution in [3.63, 3.8) is 0 Å². The SMILES string of the molecule is CCN(CC)C(C)CNC(=O)c1cc(-c2cnn3ccc(-c4cccs4)nc23)nc(N2CC(C(C)(C)O)C2)c1. The van der Waals surface area contributed by atoms with Gasteiger partial charge < -0.3 is 15.3 Å². The Kier molecular flexibility index (Phi) is 7.70. The number of anilines is 1. The van der Waals surface area contributed by atoms with Gasteiger partial charge in [0.2, 0.25) is 0 Å². The third kappa shape index (κ3) is 5.68. The Hall–Kier alpha value is -3.34. The van der Waals surface area contributed by atoms with Crippen LogP contribution >= 0.6 is 11.3 Å². The van der Waals surface area contributed by atoms with Crippen LogP contribution in [0.5, 0.6) is 0 Å².